The molecule has 2 aromatic rings. The predicted octanol–water partition coefficient (Wildman–Crippen LogP) is 3.75. The number of benzene rings is 1. The lowest BCUT2D eigenvalue weighted by Gasteiger charge is -2.20. The van der Waals surface area contributed by atoms with Gasteiger partial charge in [-0.1, -0.05) is 22.9 Å². The second kappa shape index (κ2) is 7.09. The van der Waals surface area contributed by atoms with E-state index in [0.717, 1.165) is 33.4 Å². The first-order chi connectivity index (χ1) is 10.0. The lowest BCUT2D eigenvalue weighted by Crippen LogP contribution is -2.21. The molecule has 3 nitrogen and oxygen atoms in total. The molecule has 0 aliphatic carbocycles. The maximum Gasteiger partial charge on any atom is 0.123 e. The van der Waals surface area contributed by atoms with E-state index in [1.165, 1.54) is 6.07 Å². The van der Waals surface area contributed by atoms with Crippen LogP contribution in [0, 0.1) is 12.7 Å². The summed E-state index contributed by atoms with van der Waals surface area (Å²) in [6.07, 6.45) is 1.51. The molecule has 0 spiro atoms. The number of halogens is 2. The molecule has 0 fully saturated rings. The van der Waals surface area contributed by atoms with Crippen LogP contribution in [0.25, 0.3) is 0 Å². The molecule has 1 atom stereocenters. The van der Waals surface area contributed by atoms with Crippen LogP contribution in [0.4, 0.5) is 4.39 Å². The number of aromatic nitrogens is 2. The minimum absolute atomic E-state index is 0.0762. The third kappa shape index (κ3) is 3.86. The van der Waals surface area contributed by atoms with Crippen LogP contribution < -0.4 is 5.32 Å². The van der Waals surface area contributed by atoms with Gasteiger partial charge in [0.1, 0.15) is 5.82 Å². The number of hydrogen-bond acceptors (Lipinski definition) is 3. The molecule has 0 amide bonds. The Morgan fingerprint density at radius 1 is 1.29 bits per heavy atom. The smallest absolute Gasteiger partial charge is 0.123 e. The zero-order valence-electron chi connectivity index (χ0n) is 12.5. The SMILES string of the molecule is CCc1nnc(C)cc1C(Cc1cc(F)ccc1Br)NC. The van der Waals surface area contributed by atoms with Crippen molar-refractivity contribution in [1.29, 1.82) is 0 Å². The Morgan fingerprint density at radius 3 is 2.71 bits per heavy atom. The zero-order valence-corrected chi connectivity index (χ0v) is 14.0. The molecule has 0 saturated heterocycles. The molecular formula is C16H19BrFN3. The molecule has 5 heteroatoms. The van der Waals surface area contributed by atoms with Gasteiger partial charge in [0.25, 0.3) is 0 Å². The van der Waals surface area contributed by atoms with E-state index in [4.69, 9.17) is 0 Å². The van der Waals surface area contributed by atoms with Crippen molar-refractivity contribution in [3.8, 4) is 0 Å². The van der Waals surface area contributed by atoms with E-state index in [0.29, 0.717) is 6.42 Å². The molecule has 0 aliphatic rings. The maximum absolute atomic E-state index is 13.4. The van der Waals surface area contributed by atoms with E-state index >= 15 is 0 Å². The van der Waals surface area contributed by atoms with E-state index in [1.54, 1.807) is 12.1 Å². The van der Waals surface area contributed by atoms with Crippen LogP contribution in [0.15, 0.2) is 28.7 Å². The van der Waals surface area contributed by atoms with Crippen LogP contribution in [0.1, 0.15) is 35.5 Å². The first kappa shape index (κ1) is 16.0. The van der Waals surface area contributed by atoms with Crippen molar-refractivity contribution < 1.29 is 4.39 Å². The van der Waals surface area contributed by atoms with Gasteiger partial charge < -0.3 is 5.32 Å². The molecule has 0 saturated carbocycles. The summed E-state index contributed by atoms with van der Waals surface area (Å²) in [5.74, 6) is -0.220. The van der Waals surface area contributed by atoms with Crippen molar-refractivity contribution in [2.45, 2.75) is 32.7 Å². The molecule has 21 heavy (non-hydrogen) atoms. The van der Waals surface area contributed by atoms with Crippen molar-refractivity contribution >= 4 is 15.9 Å². The van der Waals surface area contributed by atoms with E-state index in [2.05, 4.69) is 44.4 Å². The van der Waals surface area contributed by atoms with Gasteiger partial charge in [-0.3, -0.25) is 0 Å². The Balaban J connectivity index is 2.36. The Bertz CT molecular complexity index is 631. The average Bonchev–Trinajstić information content (AvgIpc) is 2.48. The molecule has 112 valence electrons. The summed E-state index contributed by atoms with van der Waals surface area (Å²) in [6.45, 7) is 3.99. The summed E-state index contributed by atoms with van der Waals surface area (Å²) in [6, 6.07) is 6.90. The van der Waals surface area contributed by atoms with E-state index in [9.17, 15) is 4.39 Å². The van der Waals surface area contributed by atoms with Gasteiger partial charge in [-0.05, 0) is 62.2 Å². The van der Waals surface area contributed by atoms with Crippen LogP contribution in [0.2, 0.25) is 0 Å². The van der Waals surface area contributed by atoms with E-state index in [-0.39, 0.29) is 11.9 Å². The molecular weight excluding hydrogens is 333 g/mol. The van der Waals surface area contributed by atoms with Gasteiger partial charge in [-0.2, -0.15) is 10.2 Å². The van der Waals surface area contributed by atoms with Gasteiger partial charge >= 0.3 is 0 Å². The summed E-state index contributed by atoms with van der Waals surface area (Å²) < 4.78 is 14.4. The van der Waals surface area contributed by atoms with Gasteiger partial charge in [-0.15, -0.1) is 0 Å². The van der Waals surface area contributed by atoms with Crippen molar-refractivity contribution in [3.05, 3.63) is 57.1 Å². The lowest BCUT2D eigenvalue weighted by atomic mass is 9.96. The third-order valence-corrected chi connectivity index (χ3v) is 4.29. The highest BCUT2D eigenvalue weighted by Gasteiger charge is 2.17. The van der Waals surface area contributed by atoms with Crippen LogP contribution in [0.3, 0.4) is 0 Å². The first-order valence-electron chi connectivity index (χ1n) is 6.99. The second-order valence-electron chi connectivity index (χ2n) is 5.02. The van der Waals surface area contributed by atoms with Crippen LogP contribution in [-0.2, 0) is 12.8 Å². The highest BCUT2D eigenvalue weighted by atomic mass is 79.9. The molecule has 0 aliphatic heterocycles. The summed E-state index contributed by atoms with van der Waals surface area (Å²) in [5, 5.41) is 11.7. The lowest BCUT2D eigenvalue weighted by molar-refractivity contribution is 0.572. The maximum atomic E-state index is 13.4. The Hall–Kier alpha value is -1.33. The number of aryl methyl sites for hydroxylation is 2. The van der Waals surface area contributed by atoms with Crippen LogP contribution in [-0.4, -0.2) is 17.2 Å². The van der Waals surface area contributed by atoms with E-state index < -0.39 is 0 Å². The predicted molar refractivity (Wildman–Crippen MR) is 85.8 cm³/mol. The van der Waals surface area contributed by atoms with Crippen LogP contribution in [0.5, 0.6) is 0 Å². The van der Waals surface area contributed by atoms with Gasteiger partial charge in [0, 0.05) is 10.5 Å². The molecule has 1 unspecified atom stereocenters. The monoisotopic (exact) mass is 351 g/mol. The Labute approximate surface area is 133 Å². The van der Waals surface area contributed by atoms with Crippen molar-refractivity contribution in [2.24, 2.45) is 0 Å². The highest BCUT2D eigenvalue weighted by Crippen LogP contribution is 2.26. The van der Waals surface area contributed by atoms with Crippen molar-refractivity contribution in [2.75, 3.05) is 7.05 Å². The highest BCUT2D eigenvalue weighted by molar-refractivity contribution is 9.10. The number of rotatable bonds is 5. The Morgan fingerprint density at radius 2 is 2.05 bits per heavy atom. The topological polar surface area (TPSA) is 37.8 Å². The fraction of sp³-hybridized carbons (Fsp3) is 0.375. The standard InChI is InChI=1S/C16H19BrFN3/c1-4-15-13(7-10(2)20-21-15)16(19-3)9-11-8-12(18)5-6-14(11)17/h5-8,16,19H,4,9H2,1-3H3. The van der Waals surface area contributed by atoms with Gasteiger partial charge in [-0.25, -0.2) is 4.39 Å². The number of likely N-dealkylation sites (N-methyl/N-ethyl adjacent to an activating group) is 1. The molecule has 1 heterocycles. The van der Waals surface area contributed by atoms with Crippen LogP contribution >= 0.6 is 15.9 Å². The van der Waals surface area contributed by atoms with Gasteiger partial charge in [0.05, 0.1) is 11.4 Å². The minimum atomic E-state index is -0.220. The quantitative estimate of drug-likeness (QED) is 0.891. The first-order valence-corrected chi connectivity index (χ1v) is 7.78. The average molecular weight is 352 g/mol. The summed E-state index contributed by atoms with van der Waals surface area (Å²) in [5.41, 5.74) is 3.93. The molecule has 1 aromatic carbocycles. The van der Waals surface area contributed by atoms with Crippen molar-refractivity contribution in [1.82, 2.24) is 15.5 Å². The van der Waals surface area contributed by atoms with Crippen molar-refractivity contribution in [3.63, 3.8) is 0 Å². The third-order valence-electron chi connectivity index (χ3n) is 3.52. The van der Waals surface area contributed by atoms with Gasteiger partial charge in [0.2, 0.25) is 0 Å². The molecule has 0 bridgehead atoms. The number of hydrogen-bond donors (Lipinski definition) is 1. The molecule has 1 aromatic heterocycles. The van der Waals surface area contributed by atoms with Gasteiger partial charge in [0.15, 0.2) is 0 Å². The molecule has 0 radical (unpaired) electrons. The largest absolute Gasteiger partial charge is 0.313 e. The second-order valence-corrected chi connectivity index (χ2v) is 5.88. The number of nitrogens with zero attached hydrogens (tertiary/aromatic N) is 2. The summed E-state index contributed by atoms with van der Waals surface area (Å²) >= 11 is 3.49. The Kier molecular flexibility index (Phi) is 5.42. The normalized spacial score (nSPS) is 12.4. The van der Waals surface area contributed by atoms with E-state index in [1.807, 2.05) is 14.0 Å². The molecule has 2 rings (SSSR count). The zero-order chi connectivity index (χ0) is 15.4. The fourth-order valence-electron chi connectivity index (χ4n) is 2.40. The number of nitrogens with one attached hydrogen (secondary N) is 1. The summed E-state index contributed by atoms with van der Waals surface area (Å²) in [7, 11) is 1.91. The fourth-order valence-corrected chi connectivity index (χ4v) is 2.81. The minimum Gasteiger partial charge on any atom is -0.313 e. The summed E-state index contributed by atoms with van der Waals surface area (Å²) in [4.78, 5) is 0. The molecule has 1 N–H and O–H groups in total.